The fourth-order valence-electron chi connectivity index (χ4n) is 2.18. The standard InChI is InChI=1S/C18H26N4O2/c1-19-18(21-11-14-22-12-3-4-13-22)20-10-5-15-24-17-8-6-16(23-2)7-9-17/h3-4,6-9,12-13H,5,10-11,14-15H2,1-2H3,(H2,19,20,21). The molecule has 0 saturated carbocycles. The van der Waals surface area contributed by atoms with E-state index < -0.39 is 0 Å². The van der Waals surface area contributed by atoms with Crippen LogP contribution >= 0.6 is 0 Å². The second-order valence-corrected chi connectivity index (χ2v) is 5.22. The summed E-state index contributed by atoms with van der Waals surface area (Å²) in [7, 11) is 3.43. The predicted octanol–water partition coefficient (Wildman–Crippen LogP) is 2.13. The molecule has 0 fully saturated rings. The number of aromatic nitrogens is 1. The van der Waals surface area contributed by atoms with Crippen molar-refractivity contribution in [1.29, 1.82) is 0 Å². The van der Waals surface area contributed by atoms with Crippen molar-refractivity contribution in [2.24, 2.45) is 4.99 Å². The zero-order valence-corrected chi connectivity index (χ0v) is 14.4. The average molecular weight is 330 g/mol. The number of benzene rings is 1. The van der Waals surface area contributed by atoms with Gasteiger partial charge in [-0.3, -0.25) is 4.99 Å². The summed E-state index contributed by atoms with van der Waals surface area (Å²) in [6.45, 7) is 3.20. The van der Waals surface area contributed by atoms with E-state index in [0.29, 0.717) is 6.61 Å². The van der Waals surface area contributed by atoms with Crippen molar-refractivity contribution < 1.29 is 9.47 Å². The summed E-state index contributed by atoms with van der Waals surface area (Å²) in [6.07, 6.45) is 4.99. The molecule has 6 heteroatoms. The largest absolute Gasteiger partial charge is 0.497 e. The van der Waals surface area contributed by atoms with Crippen LogP contribution in [0.4, 0.5) is 0 Å². The van der Waals surface area contributed by atoms with Gasteiger partial charge in [0.2, 0.25) is 0 Å². The third-order valence-corrected chi connectivity index (χ3v) is 3.49. The maximum absolute atomic E-state index is 5.69. The Morgan fingerprint density at radius 2 is 1.71 bits per heavy atom. The third kappa shape index (κ3) is 6.24. The van der Waals surface area contributed by atoms with E-state index in [2.05, 4.69) is 20.2 Å². The molecule has 130 valence electrons. The van der Waals surface area contributed by atoms with Gasteiger partial charge >= 0.3 is 0 Å². The molecule has 0 spiro atoms. The minimum Gasteiger partial charge on any atom is -0.497 e. The molecule has 0 aliphatic rings. The molecule has 6 nitrogen and oxygen atoms in total. The van der Waals surface area contributed by atoms with Gasteiger partial charge in [0.25, 0.3) is 0 Å². The van der Waals surface area contributed by atoms with Crippen molar-refractivity contribution in [2.45, 2.75) is 13.0 Å². The van der Waals surface area contributed by atoms with Crippen LogP contribution in [0.15, 0.2) is 53.8 Å². The monoisotopic (exact) mass is 330 g/mol. The molecule has 0 aliphatic heterocycles. The van der Waals surface area contributed by atoms with Crippen molar-refractivity contribution >= 4 is 5.96 Å². The first-order chi connectivity index (χ1) is 11.8. The van der Waals surface area contributed by atoms with E-state index in [1.165, 1.54) is 0 Å². The molecule has 2 N–H and O–H groups in total. The molecule has 1 aromatic heterocycles. The molecule has 1 heterocycles. The van der Waals surface area contributed by atoms with Crippen LogP contribution < -0.4 is 20.1 Å². The summed E-state index contributed by atoms with van der Waals surface area (Å²) in [4.78, 5) is 4.21. The Morgan fingerprint density at radius 3 is 2.38 bits per heavy atom. The molecule has 0 unspecified atom stereocenters. The van der Waals surface area contributed by atoms with E-state index in [4.69, 9.17) is 9.47 Å². The normalized spacial score (nSPS) is 11.2. The smallest absolute Gasteiger partial charge is 0.191 e. The number of hydrogen-bond donors (Lipinski definition) is 2. The lowest BCUT2D eigenvalue weighted by Crippen LogP contribution is -2.39. The summed E-state index contributed by atoms with van der Waals surface area (Å²) in [5.74, 6) is 2.50. The van der Waals surface area contributed by atoms with E-state index in [-0.39, 0.29) is 0 Å². The van der Waals surface area contributed by atoms with Crippen molar-refractivity contribution in [3.05, 3.63) is 48.8 Å². The maximum Gasteiger partial charge on any atom is 0.191 e. The second-order valence-electron chi connectivity index (χ2n) is 5.22. The Balaban J connectivity index is 1.56. The van der Waals surface area contributed by atoms with E-state index in [9.17, 15) is 0 Å². The first-order valence-electron chi connectivity index (χ1n) is 8.14. The quantitative estimate of drug-likeness (QED) is 0.420. The topological polar surface area (TPSA) is 59.8 Å². The second kappa shape index (κ2) is 10.2. The van der Waals surface area contributed by atoms with Crippen LogP contribution in [0.5, 0.6) is 11.5 Å². The van der Waals surface area contributed by atoms with Gasteiger partial charge in [0.1, 0.15) is 11.5 Å². The molecule has 2 rings (SSSR count). The zero-order valence-electron chi connectivity index (χ0n) is 14.4. The number of rotatable bonds is 9. The van der Waals surface area contributed by atoms with E-state index in [1.807, 2.05) is 48.8 Å². The van der Waals surface area contributed by atoms with E-state index >= 15 is 0 Å². The summed E-state index contributed by atoms with van der Waals surface area (Å²) in [6, 6.07) is 11.7. The van der Waals surface area contributed by atoms with Gasteiger partial charge in [-0.1, -0.05) is 0 Å². The highest BCUT2D eigenvalue weighted by molar-refractivity contribution is 5.79. The van der Waals surface area contributed by atoms with Crippen LogP contribution in [0.2, 0.25) is 0 Å². The van der Waals surface area contributed by atoms with Crippen LogP contribution in [-0.4, -0.2) is 44.4 Å². The Labute approximate surface area is 143 Å². The minimum atomic E-state index is 0.652. The fourth-order valence-corrected chi connectivity index (χ4v) is 2.18. The van der Waals surface area contributed by atoms with Gasteiger partial charge in [-0.2, -0.15) is 0 Å². The Hall–Kier alpha value is -2.63. The Kier molecular flexibility index (Phi) is 7.53. The molecule has 2 aromatic rings. The van der Waals surface area contributed by atoms with Crippen LogP contribution in [0.25, 0.3) is 0 Å². The molecule has 24 heavy (non-hydrogen) atoms. The number of aliphatic imine (C=N–C) groups is 1. The summed E-state index contributed by atoms with van der Waals surface area (Å²) in [5, 5.41) is 6.58. The third-order valence-electron chi connectivity index (χ3n) is 3.49. The highest BCUT2D eigenvalue weighted by Crippen LogP contribution is 2.16. The van der Waals surface area contributed by atoms with Gasteiger partial charge < -0.3 is 24.7 Å². The number of methoxy groups -OCH3 is 1. The lowest BCUT2D eigenvalue weighted by molar-refractivity contribution is 0.310. The van der Waals surface area contributed by atoms with E-state index in [1.54, 1.807) is 14.2 Å². The zero-order chi connectivity index (χ0) is 17.0. The van der Waals surface area contributed by atoms with Gasteiger partial charge in [-0.25, -0.2) is 0 Å². The predicted molar refractivity (Wildman–Crippen MR) is 96.9 cm³/mol. The Bertz CT molecular complexity index is 594. The highest BCUT2D eigenvalue weighted by atomic mass is 16.5. The average Bonchev–Trinajstić information content (AvgIpc) is 3.14. The van der Waals surface area contributed by atoms with Crippen LogP contribution in [0.1, 0.15) is 6.42 Å². The molecule has 0 aliphatic carbocycles. The highest BCUT2D eigenvalue weighted by Gasteiger charge is 1.98. The minimum absolute atomic E-state index is 0.652. The lowest BCUT2D eigenvalue weighted by atomic mass is 10.3. The van der Waals surface area contributed by atoms with Gasteiger partial charge in [-0.05, 0) is 42.8 Å². The summed E-state index contributed by atoms with van der Waals surface area (Å²) in [5.41, 5.74) is 0. The number of guanidine groups is 1. The SMILES string of the molecule is CN=C(NCCCOc1ccc(OC)cc1)NCCn1cccc1. The fraction of sp³-hybridized carbons (Fsp3) is 0.389. The first kappa shape index (κ1) is 17.7. The van der Waals surface area contributed by atoms with Crippen molar-refractivity contribution in [1.82, 2.24) is 15.2 Å². The number of nitrogens with zero attached hydrogens (tertiary/aromatic N) is 2. The molecule has 0 radical (unpaired) electrons. The maximum atomic E-state index is 5.69. The molecule has 1 aromatic carbocycles. The molecule has 0 atom stereocenters. The molecule has 0 amide bonds. The van der Waals surface area contributed by atoms with Gasteiger partial charge in [-0.15, -0.1) is 0 Å². The lowest BCUT2D eigenvalue weighted by Gasteiger charge is -2.12. The summed E-state index contributed by atoms with van der Waals surface area (Å²) >= 11 is 0. The number of nitrogens with one attached hydrogen (secondary N) is 2. The van der Waals surface area contributed by atoms with E-state index in [0.717, 1.165) is 43.5 Å². The molecular weight excluding hydrogens is 304 g/mol. The van der Waals surface area contributed by atoms with Crippen molar-refractivity contribution in [3.8, 4) is 11.5 Å². The van der Waals surface area contributed by atoms with Gasteiger partial charge in [0.05, 0.1) is 13.7 Å². The first-order valence-corrected chi connectivity index (χ1v) is 8.14. The number of hydrogen-bond acceptors (Lipinski definition) is 3. The van der Waals surface area contributed by atoms with Crippen LogP contribution in [0.3, 0.4) is 0 Å². The van der Waals surface area contributed by atoms with Gasteiger partial charge in [0.15, 0.2) is 5.96 Å². The Morgan fingerprint density at radius 1 is 1.04 bits per heavy atom. The van der Waals surface area contributed by atoms with Crippen molar-refractivity contribution in [2.75, 3.05) is 33.9 Å². The van der Waals surface area contributed by atoms with Crippen LogP contribution in [0, 0.1) is 0 Å². The van der Waals surface area contributed by atoms with Crippen molar-refractivity contribution in [3.63, 3.8) is 0 Å². The van der Waals surface area contributed by atoms with Gasteiger partial charge in [0, 0.05) is 39.1 Å². The molecule has 0 saturated heterocycles. The molecular formula is C18H26N4O2. The molecule has 0 bridgehead atoms. The van der Waals surface area contributed by atoms with Crippen LogP contribution in [-0.2, 0) is 6.54 Å². The number of ether oxygens (including phenoxy) is 2. The summed E-state index contributed by atoms with van der Waals surface area (Å²) < 4.78 is 12.9.